The lowest BCUT2D eigenvalue weighted by Crippen LogP contribution is -2.44. The molecule has 0 N–H and O–H groups in total. The maximum atomic E-state index is 13.4. The van der Waals surface area contributed by atoms with Crippen LogP contribution in [-0.4, -0.2) is 47.8 Å². The molecule has 5 heteroatoms. The van der Waals surface area contributed by atoms with Gasteiger partial charge >= 0.3 is 0 Å². The topological polar surface area (TPSA) is 45.1 Å². The SMILES string of the molecule is COc1ccccc1[C@H]1CC(c2ccc(C)cc2)=NN1C(=O)CN1CCCC[C@@H]1C. The summed E-state index contributed by atoms with van der Waals surface area (Å²) in [5.41, 5.74) is 4.24. The van der Waals surface area contributed by atoms with Crippen LogP contribution in [0.25, 0.3) is 0 Å². The molecule has 0 radical (unpaired) electrons. The van der Waals surface area contributed by atoms with E-state index >= 15 is 0 Å². The van der Waals surface area contributed by atoms with Gasteiger partial charge in [0.05, 0.1) is 25.4 Å². The van der Waals surface area contributed by atoms with Crippen LogP contribution in [0.1, 0.15) is 55.3 Å². The van der Waals surface area contributed by atoms with Crippen molar-refractivity contribution in [1.29, 1.82) is 0 Å². The molecule has 4 rings (SSSR count). The molecule has 1 saturated heterocycles. The molecule has 2 aliphatic rings. The van der Waals surface area contributed by atoms with Crippen molar-refractivity contribution in [1.82, 2.24) is 9.91 Å². The normalized spacial score (nSPS) is 22.1. The van der Waals surface area contributed by atoms with E-state index in [-0.39, 0.29) is 11.9 Å². The molecule has 2 atom stereocenters. The van der Waals surface area contributed by atoms with Crippen LogP contribution in [0.3, 0.4) is 0 Å². The molecule has 2 heterocycles. The number of carbonyl (C=O) groups excluding carboxylic acids is 1. The lowest BCUT2D eigenvalue weighted by Gasteiger charge is -2.34. The van der Waals surface area contributed by atoms with Gasteiger partial charge < -0.3 is 4.74 Å². The zero-order chi connectivity index (χ0) is 21.1. The molecule has 0 aromatic heterocycles. The highest BCUT2D eigenvalue weighted by Gasteiger charge is 2.35. The van der Waals surface area contributed by atoms with Crippen LogP contribution in [0, 0.1) is 6.92 Å². The zero-order valence-corrected chi connectivity index (χ0v) is 18.2. The summed E-state index contributed by atoms with van der Waals surface area (Å²) in [6.07, 6.45) is 4.24. The molecule has 2 aliphatic heterocycles. The number of hydrogen-bond donors (Lipinski definition) is 0. The molecule has 0 spiro atoms. The van der Waals surface area contributed by atoms with Crippen LogP contribution in [-0.2, 0) is 4.79 Å². The van der Waals surface area contributed by atoms with Crippen molar-refractivity contribution in [3.8, 4) is 5.75 Å². The molecule has 0 aliphatic carbocycles. The fourth-order valence-electron chi connectivity index (χ4n) is 4.48. The number of carbonyl (C=O) groups is 1. The third kappa shape index (κ3) is 4.26. The Labute approximate surface area is 179 Å². The molecular formula is C25H31N3O2. The van der Waals surface area contributed by atoms with Crippen molar-refractivity contribution in [2.45, 2.75) is 51.6 Å². The van der Waals surface area contributed by atoms with Crippen molar-refractivity contribution in [2.75, 3.05) is 20.2 Å². The van der Waals surface area contributed by atoms with Gasteiger partial charge in [0.2, 0.25) is 0 Å². The Hall–Kier alpha value is -2.66. The highest BCUT2D eigenvalue weighted by molar-refractivity contribution is 6.03. The van der Waals surface area contributed by atoms with E-state index < -0.39 is 0 Å². The van der Waals surface area contributed by atoms with Crippen LogP contribution in [0.4, 0.5) is 0 Å². The Morgan fingerprint density at radius 3 is 2.63 bits per heavy atom. The van der Waals surface area contributed by atoms with E-state index in [9.17, 15) is 4.79 Å². The van der Waals surface area contributed by atoms with Gasteiger partial charge in [-0.05, 0) is 44.9 Å². The van der Waals surface area contributed by atoms with E-state index in [0.717, 1.165) is 42.0 Å². The van der Waals surface area contributed by atoms with E-state index in [0.29, 0.717) is 19.0 Å². The lowest BCUT2D eigenvalue weighted by atomic mass is 9.97. The first-order valence-electron chi connectivity index (χ1n) is 10.9. The summed E-state index contributed by atoms with van der Waals surface area (Å²) >= 11 is 0. The number of nitrogens with zero attached hydrogens (tertiary/aromatic N) is 3. The first-order valence-corrected chi connectivity index (χ1v) is 10.9. The van der Waals surface area contributed by atoms with Gasteiger partial charge in [-0.2, -0.15) is 5.10 Å². The summed E-state index contributed by atoms with van der Waals surface area (Å²) in [6.45, 7) is 5.69. The smallest absolute Gasteiger partial charge is 0.257 e. The predicted molar refractivity (Wildman–Crippen MR) is 120 cm³/mol. The van der Waals surface area contributed by atoms with Crippen molar-refractivity contribution in [3.05, 3.63) is 65.2 Å². The molecule has 0 bridgehead atoms. The number of hydrogen-bond acceptors (Lipinski definition) is 4. The minimum Gasteiger partial charge on any atom is -0.496 e. The molecule has 2 aromatic carbocycles. The minimum atomic E-state index is -0.148. The number of hydrazone groups is 1. The summed E-state index contributed by atoms with van der Waals surface area (Å²) < 4.78 is 5.61. The molecular weight excluding hydrogens is 374 g/mol. The van der Waals surface area contributed by atoms with Crippen LogP contribution in [0.15, 0.2) is 53.6 Å². The summed E-state index contributed by atoms with van der Waals surface area (Å²) in [6, 6.07) is 16.6. The molecule has 1 amide bonds. The first-order chi connectivity index (χ1) is 14.6. The third-order valence-corrected chi connectivity index (χ3v) is 6.33. The second-order valence-corrected chi connectivity index (χ2v) is 8.43. The molecule has 0 saturated carbocycles. The molecule has 1 fully saturated rings. The Balaban J connectivity index is 1.64. The molecule has 158 valence electrons. The van der Waals surface area contributed by atoms with E-state index in [1.807, 2.05) is 24.3 Å². The summed E-state index contributed by atoms with van der Waals surface area (Å²) in [4.78, 5) is 15.7. The van der Waals surface area contributed by atoms with Crippen LogP contribution >= 0.6 is 0 Å². The number of benzene rings is 2. The highest BCUT2D eigenvalue weighted by Crippen LogP contribution is 2.37. The number of para-hydroxylation sites is 1. The van der Waals surface area contributed by atoms with Crippen molar-refractivity contribution < 1.29 is 9.53 Å². The number of aryl methyl sites for hydroxylation is 1. The second-order valence-electron chi connectivity index (χ2n) is 8.43. The average Bonchev–Trinajstić information content (AvgIpc) is 3.21. The van der Waals surface area contributed by atoms with Gasteiger partial charge in [0.25, 0.3) is 5.91 Å². The Kier molecular flexibility index (Phi) is 6.18. The van der Waals surface area contributed by atoms with Gasteiger partial charge in [0.15, 0.2) is 0 Å². The van der Waals surface area contributed by atoms with E-state index in [1.165, 1.54) is 12.0 Å². The number of amides is 1. The van der Waals surface area contributed by atoms with E-state index in [1.54, 1.807) is 12.1 Å². The molecule has 30 heavy (non-hydrogen) atoms. The fraction of sp³-hybridized carbons (Fsp3) is 0.440. The van der Waals surface area contributed by atoms with Gasteiger partial charge in [0, 0.05) is 18.0 Å². The van der Waals surface area contributed by atoms with E-state index in [2.05, 4.69) is 43.0 Å². The predicted octanol–water partition coefficient (Wildman–Crippen LogP) is 4.56. The van der Waals surface area contributed by atoms with Crippen molar-refractivity contribution in [3.63, 3.8) is 0 Å². The Morgan fingerprint density at radius 1 is 1.13 bits per heavy atom. The average molecular weight is 406 g/mol. The quantitative estimate of drug-likeness (QED) is 0.733. The number of methoxy groups -OCH3 is 1. The van der Waals surface area contributed by atoms with Gasteiger partial charge in [-0.3, -0.25) is 9.69 Å². The molecule has 5 nitrogen and oxygen atoms in total. The number of likely N-dealkylation sites (tertiary alicyclic amines) is 1. The fourth-order valence-corrected chi connectivity index (χ4v) is 4.48. The van der Waals surface area contributed by atoms with Crippen molar-refractivity contribution in [2.24, 2.45) is 5.10 Å². The number of rotatable bonds is 5. The van der Waals surface area contributed by atoms with Crippen LogP contribution in [0.2, 0.25) is 0 Å². The summed E-state index contributed by atoms with van der Waals surface area (Å²) in [5.74, 6) is 0.855. The highest BCUT2D eigenvalue weighted by atomic mass is 16.5. The first kappa shape index (κ1) is 20.6. The summed E-state index contributed by atoms with van der Waals surface area (Å²) in [5, 5.41) is 6.53. The second kappa shape index (κ2) is 9.00. The largest absolute Gasteiger partial charge is 0.496 e. The molecule has 2 aromatic rings. The van der Waals surface area contributed by atoms with Crippen LogP contribution in [0.5, 0.6) is 5.75 Å². The minimum absolute atomic E-state index is 0.0572. The maximum absolute atomic E-state index is 13.4. The number of ether oxygens (including phenoxy) is 1. The number of piperidine rings is 1. The van der Waals surface area contributed by atoms with Gasteiger partial charge in [-0.1, -0.05) is 54.4 Å². The van der Waals surface area contributed by atoms with E-state index in [4.69, 9.17) is 9.84 Å². The van der Waals surface area contributed by atoms with Gasteiger partial charge in [-0.25, -0.2) is 5.01 Å². The monoisotopic (exact) mass is 405 g/mol. The van der Waals surface area contributed by atoms with Gasteiger partial charge in [0.1, 0.15) is 5.75 Å². The summed E-state index contributed by atoms with van der Waals surface area (Å²) in [7, 11) is 1.68. The lowest BCUT2D eigenvalue weighted by molar-refractivity contribution is -0.135. The Bertz CT molecular complexity index is 922. The third-order valence-electron chi connectivity index (χ3n) is 6.33. The standard InChI is InChI=1S/C25H31N3O2/c1-18-11-13-20(14-12-18)22-16-23(21-9-4-5-10-24(21)30-3)28(26-22)25(29)17-27-15-7-6-8-19(27)2/h4-5,9-14,19,23H,6-8,15-17H2,1-3H3/t19-,23+/m0/s1. The van der Waals surface area contributed by atoms with Gasteiger partial charge in [-0.15, -0.1) is 0 Å². The molecule has 0 unspecified atom stereocenters. The van der Waals surface area contributed by atoms with Crippen LogP contribution < -0.4 is 4.74 Å². The maximum Gasteiger partial charge on any atom is 0.257 e. The zero-order valence-electron chi connectivity index (χ0n) is 18.2. The van der Waals surface area contributed by atoms with Crippen molar-refractivity contribution >= 4 is 11.6 Å². The Morgan fingerprint density at radius 2 is 1.90 bits per heavy atom.